The topological polar surface area (TPSA) is 58.2 Å². The van der Waals surface area contributed by atoms with Crippen molar-refractivity contribution in [1.82, 2.24) is 5.32 Å². The van der Waals surface area contributed by atoms with Crippen LogP contribution in [0.4, 0.5) is 10.1 Å². The molecule has 0 aliphatic rings. The summed E-state index contributed by atoms with van der Waals surface area (Å²) in [6.07, 6.45) is 0.572. The van der Waals surface area contributed by atoms with E-state index < -0.39 is 0 Å². The van der Waals surface area contributed by atoms with Gasteiger partial charge in [-0.15, -0.1) is 11.8 Å². The van der Waals surface area contributed by atoms with Crippen molar-refractivity contribution in [3.63, 3.8) is 0 Å². The molecule has 2 amide bonds. The Kier molecular flexibility index (Phi) is 7.47. The summed E-state index contributed by atoms with van der Waals surface area (Å²) in [7, 11) is 0. The van der Waals surface area contributed by atoms with Crippen molar-refractivity contribution >= 4 is 29.3 Å². The van der Waals surface area contributed by atoms with Gasteiger partial charge in [0.25, 0.3) is 0 Å². The van der Waals surface area contributed by atoms with Crippen molar-refractivity contribution in [3.05, 3.63) is 65.5 Å². The van der Waals surface area contributed by atoms with Crippen LogP contribution >= 0.6 is 11.8 Å². The Labute approximate surface area is 151 Å². The van der Waals surface area contributed by atoms with Gasteiger partial charge in [0.05, 0.1) is 11.5 Å². The number of benzene rings is 2. The van der Waals surface area contributed by atoms with Gasteiger partial charge in [0.1, 0.15) is 5.82 Å². The molecule has 0 atom stereocenters. The van der Waals surface area contributed by atoms with E-state index in [0.29, 0.717) is 13.0 Å². The first kappa shape index (κ1) is 19.0. The molecule has 2 aromatic carbocycles. The number of thioether (sulfide) groups is 1. The molecule has 0 aliphatic heterocycles. The van der Waals surface area contributed by atoms with Crippen molar-refractivity contribution in [1.29, 1.82) is 0 Å². The van der Waals surface area contributed by atoms with Crippen molar-refractivity contribution in [2.75, 3.05) is 23.4 Å². The summed E-state index contributed by atoms with van der Waals surface area (Å²) in [5.41, 5.74) is 2.71. The van der Waals surface area contributed by atoms with Crippen LogP contribution in [0.2, 0.25) is 0 Å². The molecule has 2 aromatic rings. The molecule has 4 nitrogen and oxygen atoms in total. The molecule has 0 spiro atoms. The highest BCUT2D eigenvalue weighted by Crippen LogP contribution is 2.09. The van der Waals surface area contributed by atoms with Crippen LogP contribution in [-0.4, -0.2) is 29.9 Å². The van der Waals surface area contributed by atoms with E-state index in [1.165, 1.54) is 23.9 Å². The average molecular weight is 360 g/mol. The molecule has 0 bridgehead atoms. The van der Waals surface area contributed by atoms with Gasteiger partial charge in [-0.2, -0.15) is 0 Å². The summed E-state index contributed by atoms with van der Waals surface area (Å²) < 4.78 is 13.0. The van der Waals surface area contributed by atoms with Crippen LogP contribution < -0.4 is 10.6 Å². The van der Waals surface area contributed by atoms with Gasteiger partial charge in [0, 0.05) is 12.2 Å². The van der Waals surface area contributed by atoms with Gasteiger partial charge in [-0.3, -0.25) is 9.59 Å². The molecular formula is C19H21FN2O2S. The second-order valence-electron chi connectivity index (χ2n) is 5.64. The summed E-state index contributed by atoms with van der Waals surface area (Å²) in [5, 5.41) is 5.55. The Morgan fingerprint density at radius 1 is 1.04 bits per heavy atom. The molecule has 0 aliphatic carbocycles. The largest absolute Gasteiger partial charge is 0.355 e. The van der Waals surface area contributed by atoms with Crippen LogP contribution in [-0.2, 0) is 16.0 Å². The Hall–Kier alpha value is -2.34. The van der Waals surface area contributed by atoms with E-state index in [1.54, 1.807) is 6.07 Å². The fourth-order valence-corrected chi connectivity index (χ4v) is 2.81. The first-order valence-corrected chi connectivity index (χ1v) is 9.14. The minimum absolute atomic E-state index is 0.135. The molecule has 0 saturated carbocycles. The molecule has 0 saturated heterocycles. The summed E-state index contributed by atoms with van der Waals surface area (Å²) in [6, 6.07) is 13.8. The quantitative estimate of drug-likeness (QED) is 0.760. The lowest BCUT2D eigenvalue weighted by Gasteiger charge is -2.07. The zero-order valence-corrected chi connectivity index (χ0v) is 14.9. The summed E-state index contributed by atoms with van der Waals surface area (Å²) in [6.45, 7) is 2.42. The summed E-state index contributed by atoms with van der Waals surface area (Å²) in [4.78, 5) is 23.6. The first-order chi connectivity index (χ1) is 12.0. The van der Waals surface area contributed by atoms with Crippen molar-refractivity contribution in [2.24, 2.45) is 0 Å². The van der Waals surface area contributed by atoms with Gasteiger partial charge in [0.2, 0.25) is 11.8 Å². The minimum atomic E-state index is -0.279. The highest BCUT2D eigenvalue weighted by atomic mass is 32.2. The number of carbonyl (C=O) groups is 2. The second kappa shape index (κ2) is 9.84. The molecule has 6 heteroatoms. The van der Waals surface area contributed by atoms with E-state index in [2.05, 4.69) is 10.6 Å². The maximum Gasteiger partial charge on any atom is 0.234 e. The SMILES string of the molecule is Cc1ccc(NC(=O)CSCC(=O)NCCc2cccc(F)c2)cc1. The molecule has 2 N–H and O–H groups in total. The standard InChI is InChI=1S/C19H21FN2O2S/c1-14-5-7-17(8-6-14)22-19(24)13-25-12-18(23)21-10-9-15-3-2-4-16(20)11-15/h2-8,11H,9-10,12-13H2,1H3,(H,21,23)(H,22,24). The number of hydrogen-bond donors (Lipinski definition) is 2. The minimum Gasteiger partial charge on any atom is -0.355 e. The zero-order chi connectivity index (χ0) is 18.1. The normalized spacial score (nSPS) is 10.3. The summed E-state index contributed by atoms with van der Waals surface area (Å²) >= 11 is 1.26. The molecule has 0 unspecified atom stereocenters. The van der Waals surface area contributed by atoms with Crippen LogP contribution in [0.1, 0.15) is 11.1 Å². The highest BCUT2D eigenvalue weighted by molar-refractivity contribution is 8.00. The first-order valence-electron chi connectivity index (χ1n) is 7.98. The van der Waals surface area contributed by atoms with Crippen molar-refractivity contribution in [3.8, 4) is 0 Å². The third kappa shape index (κ3) is 7.39. The number of aryl methyl sites for hydroxylation is 1. The van der Waals surface area contributed by atoms with Crippen molar-refractivity contribution < 1.29 is 14.0 Å². The Morgan fingerprint density at radius 2 is 1.76 bits per heavy atom. The average Bonchev–Trinajstić information content (AvgIpc) is 2.57. The maximum atomic E-state index is 13.0. The molecule has 25 heavy (non-hydrogen) atoms. The number of nitrogens with one attached hydrogen (secondary N) is 2. The fourth-order valence-electron chi connectivity index (χ4n) is 2.16. The Balaban J connectivity index is 1.60. The van der Waals surface area contributed by atoms with E-state index in [4.69, 9.17) is 0 Å². The van der Waals surface area contributed by atoms with Crippen molar-refractivity contribution in [2.45, 2.75) is 13.3 Å². The third-order valence-electron chi connectivity index (χ3n) is 3.43. The Bertz CT molecular complexity index is 720. The van der Waals surface area contributed by atoms with E-state index in [1.807, 2.05) is 37.3 Å². The van der Waals surface area contributed by atoms with Gasteiger partial charge in [-0.05, 0) is 43.2 Å². The number of amides is 2. The monoisotopic (exact) mass is 360 g/mol. The van der Waals surface area contributed by atoms with E-state index in [-0.39, 0.29) is 29.1 Å². The number of anilines is 1. The summed E-state index contributed by atoms with van der Waals surface area (Å²) in [5.74, 6) is -0.125. The molecule has 2 rings (SSSR count). The highest BCUT2D eigenvalue weighted by Gasteiger charge is 2.06. The lowest BCUT2D eigenvalue weighted by Crippen LogP contribution is -2.28. The lowest BCUT2D eigenvalue weighted by atomic mass is 10.1. The van der Waals surface area contributed by atoms with Gasteiger partial charge < -0.3 is 10.6 Å². The molecule has 132 valence electrons. The van der Waals surface area contributed by atoms with Crippen LogP contribution in [0.3, 0.4) is 0 Å². The third-order valence-corrected chi connectivity index (χ3v) is 4.36. The zero-order valence-electron chi connectivity index (χ0n) is 14.0. The number of carbonyl (C=O) groups excluding carboxylic acids is 2. The molecule has 0 aromatic heterocycles. The molecular weight excluding hydrogens is 339 g/mol. The van der Waals surface area contributed by atoms with Crippen LogP contribution in [0.5, 0.6) is 0 Å². The molecule has 0 radical (unpaired) electrons. The predicted octanol–water partition coefficient (Wildman–Crippen LogP) is 3.16. The molecule has 0 fully saturated rings. The van der Waals surface area contributed by atoms with Gasteiger partial charge in [-0.25, -0.2) is 4.39 Å². The number of hydrogen-bond acceptors (Lipinski definition) is 3. The van der Waals surface area contributed by atoms with Crippen LogP contribution in [0.25, 0.3) is 0 Å². The van der Waals surface area contributed by atoms with Crippen LogP contribution in [0, 0.1) is 12.7 Å². The lowest BCUT2D eigenvalue weighted by molar-refractivity contribution is -0.118. The van der Waals surface area contributed by atoms with Gasteiger partial charge >= 0.3 is 0 Å². The Morgan fingerprint density at radius 3 is 2.48 bits per heavy atom. The van der Waals surface area contributed by atoms with Crippen LogP contribution in [0.15, 0.2) is 48.5 Å². The van der Waals surface area contributed by atoms with E-state index in [9.17, 15) is 14.0 Å². The number of halogens is 1. The smallest absolute Gasteiger partial charge is 0.234 e. The predicted molar refractivity (Wildman–Crippen MR) is 100 cm³/mol. The maximum absolute atomic E-state index is 13.0. The molecule has 0 heterocycles. The van der Waals surface area contributed by atoms with E-state index >= 15 is 0 Å². The van der Waals surface area contributed by atoms with Gasteiger partial charge in [-0.1, -0.05) is 29.8 Å². The van der Waals surface area contributed by atoms with E-state index in [0.717, 1.165) is 16.8 Å². The second-order valence-corrected chi connectivity index (χ2v) is 6.62. The number of rotatable bonds is 8. The van der Waals surface area contributed by atoms with Gasteiger partial charge in [0.15, 0.2) is 0 Å². The fraction of sp³-hybridized carbons (Fsp3) is 0.263.